The molecule has 21 heavy (non-hydrogen) atoms. The van der Waals surface area contributed by atoms with Crippen molar-refractivity contribution < 1.29 is 13.5 Å². The Bertz CT molecular complexity index is 820. The van der Waals surface area contributed by atoms with Gasteiger partial charge in [-0.3, -0.25) is 0 Å². The molecule has 0 atom stereocenters. The molecule has 0 aliphatic heterocycles. The first-order valence-electron chi connectivity index (χ1n) is 6.30. The van der Waals surface area contributed by atoms with Crippen molar-refractivity contribution in [2.45, 2.75) is 0 Å². The number of nitrogen functional groups attached to an aromatic ring is 1. The molecular formula is C16H12F2N2O. The van der Waals surface area contributed by atoms with E-state index in [1.54, 1.807) is 24.3 Å². The number of pyridine rings is 1. The Morgan fingerprint density at radius 2 is 1.76 bits per heavy atom. The third-order valence-corrected chi connectivity index (χ3v) is 3.33. The Hall–Kier alpha value is -2.69. The Morgan fingerprint density at radius 3 is 2.43 bits per heavy atom. The van der Waals surface area contributed by atoms with E-state index in [2.05, 4.69) is 4.98 Å². The SMILES string of the molecule is COc1ccc2nc(F)c(N)c(-c3ccccc3)c2c1F. The summed E-state index contributed by atoms with van der Waals surface area (Å²) in [5, 5.41) is 0.152. The van der Waals surface area contributed by atoms with Crippen molar-refractivity contribution in [3.05, 3.63) is 54.2 Å². The maximum Gasteiger partial charge on any atom is 0.237 e. The number of halogens is 2. The molecule has 0 aliphatic rings. The Labute approximate surface area is 120 Å². The van der Waals surface area contributed by atoms with E-state index >= 15 is 0 Å². The van der Waals surface area contributed by atoms with Crippen LogP contribution in [-0.4, -0.2) is 12.1 Å². The van der Waals surface area contributed by atoms with Gasteiger partial charge in [-0.05, 0) is 17.7 Å². The molecule has 0 spiro atoms. The summed E-state index contributed by atoms with van der Waals surface area (Å²) < 4.78 is 33.5. The van der Waals surface area contributed by atoms with Crippen LogP contribution in [0.2, 0.25) is 0 Å². The van der Waals surface area contributed by atoms with Gasteiger partial charge in [0.15, 0.2) is 11.6 Å². The Morgan fingerprint density at radius 1 is 1.05 bits per heavy atom. The molecule has 0 fully saturated rings. The normalized spacial score (nSPS) is 10.8. The molecule has 3 nitrogen and oxygen atoms in total. The number of hydrogen-bond donors (Lipinski definition) is 1. The van der Waals surface area contributed by atoms with Gasteiger partial charge >= 0.3 is 0 Å². The number of hydrogen-bond acceptors (Lipinski definition) is 3. The molecule has 3 rings (SSSR count). The van der Waals surface area contributed by atoms with Crippen LogP contribution in [0.15, 0.2) is 42.5 Å². The first-order valence-corrected chi connectivity index (χ1v) is 6.30. The van der Waals surface area contributed by atoms with Crippen LogP contribution in [-0.2, 0) is 0 Å². The lowest BCUT2D eigenvalue weighted by Gasteiger charge is -2.13. The first-order chi connectivity index (χ1) is 10.1. The van der Waals surface area contributed by atoms with Gasteiger partial charge in [0, 0.05) is 10.9 Å². The van der Waals surface area contributed by atoms with E-state index in [0.29, 0.717) is 5.56 Å². The highest BCUT2D eigenvalue weighted by Gasteiger charge is 2.19. The lowest BCUT2D eigenvalue weighted by Crippen LogP contribution is -2.01. The zero-order chi connectivity index (χ0) is 15.0. The monoisotopic (exact) mass is 286 g/mol. The summed E-state index contributed by atoms with van der Waals surface area (Å²) in [6.45, 7) is 0. The predicted molar refractivity (Wildman–Crippen MR) is 78.1 cm³/mol. The second kappa shape index (κ2) is 5.01. The molecule has 1 aromatic heterocycles. The van der Waals surface area contributed by atoms with Gasteiger partial charge in [0.1, 0.15) is 0 Å². The van der Waals surface area contributed by atoms with Crippen LogP contribution in [0.1, 0.15) is 0 Å². The molecule has 0 saturated heterocycles. The lowest BCUT2D eigenvalue weighted by molar-refractivity contribution is 0.389. The smallest absolute Gasteiger partial charge is 0.237 e. The van der Waals surface area contributed by atoms with Crippen LogP contribution < -0.4 is 10.5 Å². The average Bonchev–Trinajstić information content (AvgIpc) is 2.50. The fourth-order valence-electron chi connectivity index (χ4n) is 2.34. The molecule has 0 radical (unpaired) electrons. The molecule has 5 heteroatoms. The number of benzene rings is 2. The van der Waals surface area contributed by atoms with E-state index in [1.165, 1.54) is 19.2 Å². The zero-order valence-corrected chi connectivity index (χ0v) is 11.2. The van der Waals surface area contributed by atoms with Crippen molar-refractivity contribution in [2.24, 2.45) is 0 Å². The van der Waals surface area contributed by atoms with E-state index in [1.807, 2.05) is 6.07 Å². The standard InChI is InChI=1S/C16H12F2N2O/c1-21-11-8-7-10-13(14(11)17)12(15(19)16(18)20-10)9-5-3-2-4-6-9/h2-8H,19H2,1H3. The van der Waals surface area contributed by atoms with Gasteiger partial charge in [-0.1, -0.05) is 30.3 Å². The molecule has 2 aromatic carbocycles. The number of ether oxygens (including phenoxy) is 1. The number of aromatic nitrogens is 1. The van der Waals surface area contributed by atoms with E-state index in [4.69, 9.17) is 10.5 Å². The number of nitrogens with zero attached hydrogens (tertiary/aromatic N) is 1. The molecular weight excluding hydrogens is 274 g/mol. The van der Waals surface area contributed by atoms with Crippen LogP contribution in [0.25, 0.3) is 22.0 Å². The molecule has 3 aromatic rings. The highest BCUT2D eigenvalue weighted by molar-refractivity contribution is 6.01. The van der Waals surface area contributed by atoms with Crippen molar-refractivity contribution in [1.82, 2.24) is 4.98 Å². The molecule has 0 bridgehead atoms. The fraction of sp³-hybridized carbons (Fsp3) is 0.0625. The van der Waals surface area contributed by atoms with Gasteiger partial charge in [-0.2, -0.15) is 4.39 Å². The Balaban J connectivity index is 2.48. The first kappa shape index (κ1) is 13.3. The van der Waals surface area contributed by atoms with Gasteiger partial charge < -0.3 is 10.5 Å². The van der Waals surface area contributed by atoms with Gasteiger partial charge in [-0.15, -0.1) is 0 Å². The minimum Gasteiger partial charge on any atom is -0.494 e. The predicted octanol–water partition coefficient (Wildman–Crippen LogP) is 3.77. The summed E-state index contributed by atoms with van der Waals surface area (Å²) in [5.74, 6) is -1.36. The molecule has 1 heterocycles. The topological polar surface area (TPSA) is 48.1 Å². The van der Waals surface area contributed by atoms with Crippen LogP contribution in [0.3, 0.4) is 0 Å². The van der Waals surface area contributed by atoms with Crippen molar-refractivity contribution in [2.75, 3.05) is 12.8 Å². The van der Waals surface area contributed by atoms with Crippen LogP contribution in [0.5, 0.6) is 5.75 Å². The minimum atomic E-state index is -0.814. The Kier molecular flexibility index (Phi) is 3.17. The third-order valence-electron chi connectivity index (χ3n) is 3.33. The zero-order valence-electron chi connectivity index (χ0n) is 11.2. The van der Waals surface area contributed by atoms with Crippen molar-refractivity contribution in [3.63, 3.8) is 0 Å². The van der Waals surface area contributed by atoms with Gasteiger partial charge in [0.05, 0.1) is 18.3 Å². The summed E-state index contributed by atoms with van der Waals surface area (Å²) in [6, 6.07) is 11.8. The van der Waals surface area contributed by atoms with Gasteiger partial charge in [-0.25, -0.2) is 9.37 Å². The largest absolute Gasteiger partial charge is 0.494 e. The minimum absolute atomic E-state index is 0.0625. The lowest BCUT2D eigenvalue weighted by atomic mass is 9.99. The maximum absolute atomic E-state index is 14.6. The van der Waals surface area contributed by atoms with E-state index in [-0.39, 0.29) is 27.9 Å². The van der Waals surface area contributed by atoms with Gasteiger partial charge in [0.25, 0.3) is 0 Å². The number of fused-ring (bicyclic) bond motifs is 1. The number of nitrogens with two attached hydrogens (primary N) is 1. The van der Waals surface area contributed by atoms with Crippen molar-refractivity contribution in [1.29, 1.82) is 0 Å². The van der Waals surface area contributed by atoms with Crippen LogP contribution >= 0.6 is 0 Å². The molecule has 0 saturated carbocycles. The van der Waals surface area contributed by atoms with Crippen molar-refractivity contribution >= 4 is 16.6 Å². The number of methoxy groups -OCH3 is 1. The quantitative estimate of drug-likeness (QED) is 0.729. The second-order valence-corrected chi connectivity index (χ2v) is 4.53. The summed E-state index contributed by atoms with van der Waals surface area (Å²) in [7, 11) is 1.37. The highest BCUT2D eigenvalue weighted by Crippen LogP contribution is 2.38. The fourth-order valence-corrected chi connectivity index (χ4v) is 2.34. The third kappa shape index (κ3) is 2.07. The van der Waals surface area contributed by atoms with Crippen LogP contribution in [0.4, 0.5) is 14.5 Å². The van der Waals surface area contributed by atoms with Crippen molar-refractivity contribution in [3.8, 4) is 16.9 Å². The summed E-state index contributed by atoms with van der Waals surface area (Å²) in [4.78, 5) is 3.71. The summed E-state index contributed by atoms with van der Waals surface area (Å²) in [6.07, 6.45) is 0. The molecule has 2 N–H and O–H groups in total. The van der Waals surface area contributed by atoms with E-state index in [9.17, 15) is 8.78 Å². The molecule has 0 amide bonds. The average molecular weight is 286 g/mol. The highest BCUT2D eigenvalue weighted by atomic mass is 19.1. The van der Waals surface area contributed by atoms with Gasteiger partial charge in [0.2, 0.25) is 5.95 Å². The van der Waals surface area contributed by atoms with E-state index < -0.39 is 11.8 Å². The summed E-state index contributed by atoms with van der Waals surface area (Å²) >= 11 is 0. The van der Waals surface area contributed by atoms with E-state index in [0.717, 1.165) is 0 Å². The maximum atomic E-state index is 14.6. The molecule has 106 valence electrons. The number of rotatable bonds is 2. The number of anilines is 1. The molecule has 0 aliphatic carbocycles. The summed E-state index contributed by atoms with van der Waals surface area (Å²) in [5.41, 5.74) is 6.72. The second-order valence-electron chi connectivity index (χ2n) is 4.53. The van der Waals surface area contributed by atoms with Crippen LogP contribution in [0, 0.1) is 11.8 Å². The molecule has 0 unspecified atom stereocenters.